The Morgan fingerprint density at radius 3 is 2.23 bits per heavy atom. The highest BCUT2D eigenvalue weighted by Gasteiger charge is 2.26. The number of nitrogens with one attached hydrogen (secondary N) is 2. The van der Waals surface area contributed by atoms with Crippen LogP contribution in [0.15, 0.2) is 23.2 Å². The number of urea groups is 1. The largest absolute Gasteiger partial charge is 0.408 e. The van der Waals surface area contributed by atoms with E-state index in [0.29, 0.717) is 18.5 Å². The van der Waals surface area contributed by atoms with Crippen LogP contribution in [-0.2, 0) is 12.8 Å². The molecule has 0 fully saturated rings. The zero-order valence-electron chi connectivity index (χ0n) is 12.4. The van der Waals surface area contributed by atoms with Gasteiger partial charge in [-0.1, -0.05) is 32.0 Å². The van der Waals surface area contributed by atoms with Crippen LogP contribution in [0.25, 0.3) is 0 Å². The van der Waals surface area contributed by atoms with E-state index in [9.17, 15) is 18.0 Å². The van der Waals surface area contributed by atoms with Crippen molar-refractivity contribution in [1.82, 2.24) is 5.32 Å². The minimum atomic E-state index is -4.47. The van der Waals surface area contributed by atoms with Crippen molar-refractivity contribution >= 4 is 17.7 Å². The van der Waals surface area contributed by atoms with Crippen LogP contribution in [0.4, 0.5) is 23.7 Å². The van der Waals surface area contributed by atoms with Crippen LogP contribution in [0.1, 0.15) is 25.0 Å². The van der Waals surface area contributed by atoms with Gasteiger partial charge in [0.05, 0.1) is 0 Å². The Labute approximate surface area is 126 Å². The molecule has 0 aromatic heterocycles. The minimum Gasteiger partial charge on any atom is -0.370 e. The summed E-state index contributed by atoms with van der Waals surface area (Å²) in [5.74, 6) is -0.582. The van der Waals surface area contributed by atoms with E-state index in [1.54, 1.807) is 0 Å². The normalized spacial score (nSPS) is 12.1. The first-order valence-electron chi connectivity index (χ1n) is 6.82. The molecule has 5 nitrogen and oxygen atoms in total. The maximum absolute atomic E-state index is 12.0. The molecule has 122 valence electrons. The number of nitrogens with zero attached hydrogens (tertiary/aromatic N) is 1. The van der Waals surface area contributed by atoms with Crippen LogP contribution in [0.2, 0.25) is 0 Å². The molecule has 1 rings (SSSR count). The smallest absolute Gasteiger partial charge is 0.370 e. The molecule has 0 bridgehead atoms. The average Bonchev–Trinajstić information content (AvgIpc) is 2.44. The van der Waals surface area contributed by atoms with Gasteiger partial charge in [-0.3, -0.25) is 5.32 Å². The highest BCUT2D eigenvalue weighted by atomic mass is 19.4. The third-order valence-electron chi connectivity index (χ3n) is 2.91. The summed E-state index contributed by atoms with van der Waals surface area (Å²) in [6.45, 7) is 2.44. The Bertz CT molecular complexity index is 533. The number of alkyl halides is 3. The van der Waals surface area contributed by atoms with Crippen LogP contribution >= 0.6 is 0 Å². The van der Waals surface area contributed by atoms with Gasteiger partial charge in [0.2, 0.25) is 0 Å². The van der Waals surface area contributed by atoms with Gasteiger partial charge in [-0.2, -0.15) is 13.2 Å². The Hall–Kier alpha value is -2.25. The number of nitrogens with two attached hydrogens (primary N) is 1. The first kappa shape index (κ1) is 17.8. The molecule has 8 heteroatoms. The van der Waals surface area contributed by atoms with Crippen LogP contribution in [-0.4, -0.2) is 24.7 Å². The van der Waals surface area contributed by atoms with E-state index in [0.717, 1.165) is 11.1 Å². The minimum absolute atomic E-state index is 0.582. The summed E-state index contributed by atoms with van der Waals surface area (Å²) in [6, 6.07) is 4.91. The summed E-state index contributed by atoms with van der Waals surface area (Å²) in [5, 5.41) is 4.70. The Kier molecular flexibility index (Phi) is 6.21. The Balaban J connectivity index is 2.77. The van der Waals surface area contributed by atoms with Crippen molar-refractivity contribution in [3.05, 3.63) is 29.3 Å². The molecule has 0 saturated heterocycles. The number of carbonyl (C=O) groups excluding carboxylic acids is 1. The maximum Gasteiger partial charge on any atom is 0.408 e. The first-order valence-corrected chi connectivity index (χ1v) is 6.82. The van der Waals surface area contributed by atoms with E-state index in [1.807, 2.05) is 32.0 Å². The molecule has 0 saturated carbocycles. The van der Waals surface area contributed by atoms with Gasteiger partial charge < -0.3 is 11.1 Å². The fourth-order valence-electron chi connectivity index (χ4n) is 1.88. The molecule has 0 aliphatic carbocycles. The van der Waals surface area contributed by atoms with Crippen molar-refractivity contribution in [2.45, 2.75) is 32.9 Å². The summed E-state index contributed by atoms with van der Waals surface area (Å²) >= 11 is 0. The first-order chi connectivity index (χ1) is 10.3. The van der Waals surface area contributed by atoms with Crippen molar-refractivity contribution in [2.24, 2.45) is 10.7 Å². The average molecular weight is 316 g/mol. The number of carbonyl (C=O) groups is 1. The van der Waals surface area contributed by atoms with Crippen LogP contribution < -0.4 is 16.4 Å². The van der Waals surface area contributed by atoms with E-state index in [4.69, 9.17) is 5.73 Å². The fraction of sp³-hybridized carbons (Fsp3) is 0.429. The van der Waals surface area contributed by atoms with Crippen LogP contribution in [0.5, 0.6) is 0 Å². The van der Waals surface area contributed by atoms with Gasteiger partial charge in [0, 0.05) is 5.69 Å². The molecule has 22 heavy (non-hydrogen) atoms. The van der Waals surface area contributed by atoms with E-state index in [2.05, 4.69) is 15.6 Å². The number of hydrogen-bond donors (Lipinski definition) is 3. The van der Waals surface area contributed by atoms with Crippen molar-refractivity contribution in [1.29, 1.82) is 0 Å². The number of aryl methyl sites for hydroxylation is 2. The molecule has 2 amide bonds. The van der Waals surface area contributed by atoms with Gasteiger partial charge in [-0.25, -0.2) is 9.79 Å². The maximum atomic E-state index is 12.0. The molecule has 0 aliphatic rings. The number of aliphatic imine (C=N–C) groups is 1. The lowest BCUT2D eigenvalue weighted by atomic mass is 10.0. The number of benzene rings is 1. The van der Waals surface area contributed by atoms with Crippen molar-refractivity contribution < 1.29 is 18.0 Å². The highest BCUT2D eigenvalue weighted by molar-refractivity contribution is 6.02. The second kappa shape index (κ2) is 7.67. The lowest BCUT2D eigenvalue weighted by Crippen LogP contribution is -2.40. The monoisotopic (exact) mass is 316 g/mol. The summed E-state index contributed by atoms with van der Waals surface area (Å²) in [4.78, 5) is 14.9. The number of anilines is 1. The third-order valence-corrected chi connectivity index (χ3v) is 2.91. The molecular formula is C14H19F3N4O. The number of amides is 2. The molecular weight excluding hydrogens is 297 g/mol. The molecule has 0 aliphatic heterocycles. The highest BCUT2D eigenvalue weighted by Crippen LogP contribution is 2.22. The second-order valence-electron chi connectivity index (χ2n) is 4.55. The van der Waals surface area contributed by atoms with Gasteiger partial charge in [0.15, 0.2) is 5.96 Å². The van der Waals surface area contributed by atoms with Gasteiger partial charge in [-0.15, -0.1) is 0 Å². The number of halogens is 3. The topological polar surface area (TPSA) is 79.5 Å². The summed E-state index contributed by atoms with van der Waals surface area (Å²) in [5.41, 5.74) is 7.76. The van der Waals surface area contributed by atoms with Gasteiger partial charge in [-0.05, 0) is 24.0 Å². The number of guanidine groups is 1. The van der Waals surface area contributed by atoms with Crippen molar-refractivity contribution in [2.75, 3.05) is 11.9 Å². The van der Waals surface area contributed by atoms with E-state index in [-0.39, 0.29) is 0 Å². The molecule has 0 atom stereocenters. The molecule has 0 radical (unpaired) electrons. The molecule has 1 aromatic rings. The fourth-order valence-corrected chi connectivity index (χ4v) is 1.88. The predicted molar refractivity (Wildman–Crippen MR) is 79.9 cm³/mol. The van der Waals surface area contributed by atoms with Gasteiger partial charge in [0.1, 0.15) is 6.54 Å². The molecule has 0 unspecified atom stereocenters. The van der Waals surface area contributed by atoms with E-state index >= 15 is 0 Å². The second-order valence-corrected chi connectivity index (χ2v) is 4.55. The zero-order chi connectivity index (χ0) is 16.8. The Morgan fingerprint density at radius 2 is 1.77 bits per heavy atom. The summed E-state index contributed by atoms with van der Waals surface area (Å²) in [7, 11) is 0. The third kappa shape index (κ3) is 5.63. The van der Waals surface area contributed by atoms with Crippen LogP contribution in [0.3, 0.4) is 0 Å². The Morgan fingerprint density at radius 1 is 1.23 bits per heavy atom. The number of rotatable bonds is 4. The SMILES string of the molecule is CCc1cccc(CC)c1NC(=O)NC(N)=NCC(F)(F)F. The molecule has 4 N–H and O–H groups in total. The quantitative estimate of drug-likeness (QED) is 0.590. The van der Waals surface area contributed by atoms with Gasteiger partial charge in [0.25, 0.3) is 0 Å². The molecule has 0 spiro atoms. The number of para-hydroxylation sites is 1. The number of hydrogen-bond acceptors (Lipinski definition) is 2. The zero-order valence-corrected chi connectivity index (χ0v) is 12.4. The van der Waals surface area contributed by atoms with E-state index < -0.39 is 24.7 Å². The molecule has 0 heterocycles. The standard InChI is InChI=1S/C14H19F3N4O/c1-3-9-6-5-7-10(4-2)11(9)20-13(22)21-12(18)19-8-14(15,16)17/h5-7H,3-4,8H2,1-2H3,(H4,18,19,20,21,22). The summed E-state index contributed by atoms with van der Waals surface area (Å²) < 4.78 is 36.0. The predicted octanol–water partition coefficient (Wildman–Crippen LogP) is 2.81. The summed E-state index contributed by atoms with van der Waals surface area (Å²) in [6.07, 6.45) is -3.05. The van der Waals surface area contributed by atoms with Crippen molar-refractivity contribution in [3.63, 3.8) is 0 Å². The van der Waals surface area contributed by atoms with E-state index in [1.165, 1.54) is 0 Å². The lowest BCUT2D eigenvalue weighted by molar-refractivity contribution is -0.118. The van der Waals surface area contributed by atoms with Crippen molar-refractivity contribution in [3.8, 4) is 0 Å². The van der Waals surface area contributed by atoms with Crippen LogP contribution in [0, 0.1) is 0 Å². The lowest BCUT2D eigenvalue weighted by Gasteiger charge is -2.14. The van der Waals surface area contributed by atoms with Gasteiger partial charge >= 0.3 is 12.2 Å². The molecule has 1 aromatic carbocycles.